The normalized spacial score (nSPS) is 26.7. The molecule has 0 unspecified atom stereocenters. The van der Waals surface area contributed by atoms with Gasteiger partial charge in [-0.25, -0.2) is 4.79 Å². The van der Waals surface area contributed by atoms with Crippen molar-refractivity contribution in [2.45, 2.75) is 74.4 Å². The van der Waals surface area contributed by atoms with E-state index in [0.717, 1.165) is 28.5 Å². The summed E-state index contributed by atoms with van der Waals surface area (Å²) in [4.78, 5) is 58.0. The second-order valence-corrected chi connectivity index (χ2v) is 12.0. The van der Waals surface area contributed by atoms with Crippen LogP contribution in [0.3, 0.4) is 0 Å². The SMILES string of the molecule is CC(=O)N[C@H]1[C@H]([C@H](O)[C@H](O)CO)OC(C(=O)N[C@@H](Cc2c[nH]c3ccccc23)C(=O)NC[C@H]2O[C@@H](n3ccc(N)nc3=O)[C@H](O)[C@@H]2O)=C[C@@H]1O. The van der Waals surface area contributed by atoms with Gasteiger partial charge >= 0.3 is 5.69 Å². The van der Waals surface area contributed by atoms with Gasteiger partial charge in [0.1, 0.15) is 48.5 Å². The van der Waals surface area contributed by atoms with Crippen LogP contribution in [0, 0.1) is 0 Å². The lowest BCUT2D eigenvalue weighted by Gasteiger charge is -2.38. The Kier molecular flexibility index (Phi) is 11.2. The van der Waals surface area contributed by atoms with Gasteiger partial charge < -0.3 is 66.8 Å². The number of ether oxygens (including phenoxy) is 2. The first kappa shape index (κ1) is 36.4. The molecule has 5 rings (SSSR count). The number of para-hydroxylation sites is 1. The second kappa shape index (κ2) is 15.3. The number of nitrogens with one attached hydrogen (secondary N) is 4. The van der Waals surface area contributed by atoms with Gasteiger partial charge in [0.15, 0.2) is 18.1 Å². The summed E-state index contributed by atoms with van der Waals surface area (Å²) < 4.78 is 12.3. The third kappa shape index (κ3) is 7.78. The largest absolute Gasteiger partial charge is 0.480 e. The minimum absolute atomic E-state index is 0.0581. The van der Waals surface area contributed by atoms with Gasteiger partial charge in [-0.2, -0.15) is 4.98 Å². The average Bonchev–Trinajstić information content (AvgIpc) is 3.62. The molecule has 0 bridgehead atoms. The summed E-state index contributed by atoms with van der Waals surface area (Å²) in [5, 5.41) is 70.4. The van der Waals surface area contributed by atoms with Crippen molar-refractivity contribution in [2.24, 2.45) is 0 Å². The van der Waals surface area contributed by atoms with Crippen LogP contribution in [0.25, 0.3) is 10.9 Å². The molecule has 3 aromatic rings. The highest BCUT2D eigenvalue weighted by Gasteiger charge is 2.45. The molecule has 270 valence electrons. The van der Waals surface area contributed by atoms with E-state index in [1.54, 1.807) is 18.3 Å². The Morgan fingerprint density at radius 2 is 1.86 bits per heavy atom. The molecule has 19 nitrogen and oxygen atoms in total. The molecule has 50 heavy (non-hydrogen) atoms. The molecule has 12 N–H and O–H groups in total. The molecule has 0 aliphatic carbocycles. The van der Waals surface area contributed by atoms with Crippen molar-refractivity contribution in [3.8, 4) is 0 Å². The lowest BCUT2D eigenvalue weighted by molar-refractivity contribution is -0.141. The van der Waals surface area contributed by atoms with Gasteiger partial charge in [0.05, 0.1) is 12.6 Å². The van der Waals surface area contributed by atoms with Crippen molar-refractivity contribution in [2.75, 3.05) is 18.9 Å². The van der Waals surface area contributed by atoms with Gasteiger partial charge in [-0.3, -0.25) is 19.0 Å². The van der Waals surface area contributed by atoms with Gasteiger partial charge in [-0.1, -0.05) is 18.2 Å². The summed E-state index contributed by atoms with van der Waals surface area (Å²) in [5.41, 5.74) is 6.08. The minimum atomic E-state index is -1.86. The van der Waals surface area contributed by atoms with Gasteiger partial charge in [-0.15, -0.1) is 0 Å². The van der Waals surface area contributed by atoms with Gasteiger partial charge in [0.2, 0.25) is 11.8 Å². The van der Waals surface area contributed by atoms with Crippen molar-refractivity contribution in [1.29, 1.82) is 0 Å². The molecule has 1 fully saturated rings. The van der Waals surface area contributed by atoms with E-state index in [1.807, 2.05) is 12.1 Å². The van der Waals surface area contributed by atoms with Crippen LogP contribution in [0.15, 0.2) is 59.4 Å². The zero-order valence-electron chi connectivity index (χ0n) is 26.6. The lowest BCUT2D eigenvalue weighted by Crippen LogP contribution is -2.60. The molecule has 19 heteroatoms. The number of hydrogen-bond donors (Lipinski definition) is 11. The van der Waals surface area contributed by atoms with E-state index in [0.29, 0.717) is 5.56 Å². The smallest absolute Gasteiger partial charge is 0.351 e. The zero-order valence-corrected chi connectivity index (χ0v) is 26.6. The predicted octanol–water partition coefficient (Wildman–Crippen LogP) is -4.37. The number of anilines is 1. The van der Waals surface area contributed by atoms with Crippen LogP contribution in [-0.4, -0.2) is 131 Å². The molecule has 0 radical (unpaired) electrons. The van der Waals surface area contributed by atoms with Gasteiger partial charge in [0, 0.05) is 43.2 Å². The second-order valence-electron chi connectivity index (χ2n) is 12.0. The Morgan fingerprint density at radius 1 is 1.12 bits per heavy atom. The summed E-state index contributed by atoms with van der Waals surface area (Å²) in [6.07, 6.45) is -8.67. The fraction of sp³-hybridized carbons (Fsp3) is 0.452. The number of nitrogens with two attached hydrogens (primary N) is 1. The van der Waals surface area contributed by atoms with Crippen LogP contribution in [0.4, 0.5) is 5.82 Å². The monoisotopic (exact) mass is 701 g/mol. The van der Waals surface area contributed by atoms with E-state index in [4.69, 9.17) is 15.2 Å². The Labute approximate surface area is 283 Å². The standard InChI is InChI=1S/C31H39N7O12/c1-13(40)35-23-18(41)9-20(49-27(23)24(43)19(42)12-39)29(47)36-17(8-14-10-33-16-5-3-2-4-15(14)16)28(46)34-11-21-25(44)26(45)30(50-21)38-7-6-22(32)37-31(38)48/h2-7,9-10,17-19,21,23-27,30,33,39,41-45H,8,11-12H2,1H3,(H,34,46)(H,35,40)(H,36,47)(H2,32,37,48)/t17-,18-,19+,21+,23+,24+,25+,26+,27+,30+/m0/s1. The molecule has 4 heterocycles. The Hall–Kier alpha value is -4.89. The van der Waals surface area contributed by atoms with Crippen molar-refractivity contribution in [1.82, 2.24) is 30.5 Å². The number of amides is 3. The van der Waals surface area contributed by atoms with Gasteiger partial charge in [0.25, 0.3) is 5.91 Å². The molecule has 10 atom stereocenters. The van der Waals surface area contributed by atoms with Crippen LogP contribution < -0.4 is 27.4 Å². The van der Waals surface area contributed by atoms with Crippen molar-refractivity contribution in [3.05, 3.63) is 70.6 Å². The molecule has 2 aliphatic rings. The quantitative estimate of drug-likeness (QED) is 0.0851. The predicted molar refractivity (Wildman–Crippen MR) is 171 cm³/mol. The number of hydrogen-bond acceptors (Lipinski definition) is 14. The topological polar surface area (TPSA) is 304 Å². The first-order chi connectivity index (χ1) is 23.8. The van der Waals surface area contributed by atoms with E-state index < -0.39 is 96.8 Å². The molecule has 1 aromatic carbocycles. The maximum Gasteiger partial charge on any atom is 0.351 e. The number of nitrogen functional groups attached to an aromatic ring is 1. The fourth-order valence-corrected chi connectivity index (χ4v) is 5.88. The van der Waals surface area contributed by atoms with Crippen LogP contribution in [0.2, 0.25) is 0 Å². The maximum absolute atomic E-state index is 13.7. The third-order valence-electron chi connectivity index (χ3n) is 8.48. The Morgan fingerprint density at radius 3 is 2.56 bits per heavy atom. The average molecular weight is 702 g/mol. The number of nitrogens with zero attached hydrogens (tertiary/aromatic N) is 2. The Balaban J connectivity index is 1.35. The number of benzene rings is 1. The molecular formula is C31H39N7O12. The van der Waals surface area contributed by atoms with E-state index in [9.17, 15) is 49.8 Å². The number of aromatic amines is 1. The van der Waals surface area contributed by atoms with Crippen molar-refractivity contribution < 1.29 is 54.5 Å². The fourth-order valence-electron chi connectivity index (χ4n) is 5.88. The Bertz CT molecular complexity index is 1800. The molecule has 1 saturated heterocycles. The highest BCUT2D eigenvalue weighted by Crippen LogP contribution is 2.28. The number of carbonyl (C=O) groups is 3. The third-order valence-corrected chi connectivity index (χ3v) is 8.48. The first-order valence-electron chi connectivity index (χ1n) is 15.6. The van der Waals surface area contributed by atoms with Crippen LogP contribution in [-0.2, 0) is 30.3 Å². The summed E-state index contributed by atoms with van der Waals surface area (Å²) in [6.45, 7) is -0.120. The van der Waals surface area contributed by atoms with E-state index in [-0.39, 0.29) is 18.8 Å². The van der Waals surface area contributed by atoms with Gasteiger partial charge in [-0.05, 0) is 23.8 Å². The van der Waals surface area contributed by atoms with E-state index in [1.165, 1.54) is 12.3 Å². The maximum atomic E-state index is 13.7. The summed E-state index contributed by atoms with van der Waals surface area (Å²) in [6, 6.07) is 5.88. The van der Waals surface area contributed by atoms with Crippen LogP contribution in [0.1, 0.15) is 18.7 Å². The number of fused-ring (bicyclic) bond motifs is 1. The molecule has 3 amide bonds. The lowest BCUT2D eigenvalue weighted by atomic mass is 9.93. The number of aromatic nitrogens is 3. The first-order valence-corrected chi connectivity index (χ1v) is 15.6. The minimum Gasteiger partial charge on any atom is -0.480 e. The number of H-pyrrole nitrogens is 1. The number of aliphatic hydroxyl groups is 6. The zero-order chi connectivity index (χ0) is 36.3. The molecule has 0 saturated carbocycles. The number of rotatable bonds is 12. The van der Waals surface area contributed by atoms with Crippen molar-refractivity contribution in [3.63, 3.8) is 0 Å². The number of aliphatic hydroxyl groups excluding tert-OH is 6. The molecule has 2 aromatic heterocycles. The molecule has 2 aliphatic heterocycles. The summed E-state index contributed by atoms with van der Waals surface area (Å²) >= 11 is 0. The number of carbonyl (C=O) groups excluding carboxylic acids is 3. The van der Waals surface area contributed by atoms with E-state index >= 15 is 0 Å². The van der Waals surface area contributed by atoms with E-state index in [2.05, 4.69) is 25.9 Å². The summed E-state index contributed by atoms with van der Waals surface area (Å²) in [5.74, 6) is -2.99. The highest BCUT2D eigenvalue weighted by molar-refractivity contribution is 5.96. The summed E-state index contributed by atoms with van der Waals surface area (Å²) in [7, 11) is 0. The molecular weight excluding hydrogens is 662 g/mol. The van der Waals surface area contributed by atoms with Crippen molar-refractivity contribution >= 4 is 34.4 Å². The van der Waals surface area contributed by atoms with Crippen LogP contribution >= 0.6 is 0 Å². The highest BCUT2D eigenvalue weighted by atomic mass is 16.6. The molecule has 0 spiro atoms. The van der Waals surface area contributed by atoms with Crippen LogP contribution in [0.5, 0.6) is 0 Å².